The van der Waals surface area contributed by atoms with Crippen LogP contribution in [0.2, 0.25) is 35.7 Å². The number of hydrogen-bond acceptors (Lipinski definition) is 3. The number of carbonyl (C=O) groups is 1. The molecule has 5 nitrogen and oxygen atoms in total. The van der Waals surface area contributed by atoms with Gasteiger partial charge in [0.05, 0.1) is 29.3 Å². The van der Waals surface area contributed by atoms with Crippen molar-refractivity contribution in [3.05, 3.63) is 76.1 Å². The molecule has 0 unspecified atom stereocenters. The zero-order valence-electron chi connectivity index (χ0n) is 17.6. The zero-order chi connectivity index (χ0) is 22.6. The van der Waals surface area contributed by atoms with Crippen LogP contribution in [0.5, 0.6) is 0 Å². The number of ether oxygens (including phenoxy) is 1. The number of nitrogens with zero attached hydrogens (tertiary/aromatic N) is 2. The standard InChI is InChI=1S/C23H24Cl2N2O3Si/c1-31(2,3)15-14-30-13-12-18-21(23(28)29)26-27(20-7-5-4-6-19(20)25)22(18)16-8-10-17(24)11-9-16/h4-13H,14-15H2,1-3H3,(H,28,29)/b13-12+. The molecule has 1 N–H and O–H groups in total. The van der Waals surface area contributed by atoms with Crippen LogP contribution in [-0.4, -0.2) is 35.5 Å². The Bertz CT molecular complexity index is 1100. The van der Waals surface area contributed by atoms with Gasteiger partial charge in [-0.1, -0.05) is 67.1 Å². The fourth-order valence-corrected chi connectivity index (χ4v) is 4.05. The van der Waals surface area contributed by atoms with Gasteiger partial charge in [0.1, 0.15) is 0 Å². The number of carboxylic acid groups (broad SMARTS) is 1. The molecule has 162 valence electrons. The second kappa shape index (κ2) is 9.72. The highest BCUT2D eigenvalue weighted by molar-refractivity contribution is 6.76. The van der Waals surface area contributed by atoms with Gasteiger partial charge in [0, 0.05) is 24.2 Å². The molecule has 3 aromatic rings. The van der Waals surface area contributed by atoms with Crippen molar-refractivity contribution < 1.29 is 14.6 Å². The van der Waals surface area contributed by atoms with E-state index < -0.39 is 14.0 Å². The summed E-state index contributed by atoms with van der Waals surface area (Å²) in [5.41, 5.74) is 2.27. The first-order valence-electron chi connectivity index (χ1n) is 9.83. The van der Waals surface area contributed by atoms with Gasteiger partial charge in [0.25, 0.3) is 0 Å². The van der Waals surface area contributed by atoms with Gasteiger partial charge >= 0.3 is 5.97 Å². The summed E-state index contributed by atoms with van der Waals surface area (Å²) in [4.78, 5) is 12.0. The number of rotatable bonds is 8. The molecule has 0 spiro atoms. The minimum absolute atomic E-state index is 0.0880. The van der Waals surface area contributed by atoms with Gasteiger partial charge in [-0.3, -0.25) is 0 Å². The molecule has 0 aliphatic carbocycles. The predicted molar refractivity (Wildman–Crippen MR) is 129 cm³/mol. The van der Waals surface area contributed by atoms with E-state index in [1.807, 2.05) is 24.3 Å². The lowest BCUT2D eigenvalue weighted by Gasteiger charge is -2.14. The lowest BCUT2D eigenvalue weighted by molar-refractivity contribution is 0.0689. The molecular formula is C23H24Cl2N2O3Si. The summed E-state index contributed by atoms with van der Waals surface area (Å²) in [6.45, 7) is 7.40. The van der Waals surface area contributed by atoms with Crippen molar-refractivity contribution in [3.8, 4) is 16.9 Å². The van der Waals surface area contributed by atoms with Gasteiger partial charge in [-0.2, -0.15) is 5.10 Å². The topological polar surface area (TPSA) is 64.3 Å². The first kappa shape index (κ1) is 23.1. The summed E-state index contributed by atoms with van der Waals surface area (Å²) in [7, 11) is -1.23. The van der Waals surface area contributed by atoms with Crippen LogP contribution in [-0.2, 0) is 4.74 Å². The van der Waals surface area contributed by atoms with Crippen LogP contribution in [0.15, 0.2) is 54.8 Å². The van der Waals surface area contributed by atoms with Crippen LogP contribution in [0.1, 0.15) is 16.1 Å². The smallest absolute Gasteiger partial charge is 0.357 e. The molecule has 0 fully saturated rings. The fourth-order valence-electron chi connectivity index (χ4n) is 2.98. The van der Waals surface area contributed by atoms with Gasteiger partial charge in [-0.15, -0.1) is 0 Å². The van der Waals surface area contributed by atoms with Crippen molar-refractivity contribution in [2.75, 3.05) is 6.61 Å². The van der Waals surface area contributed by atoms with Crippen LogP contribution in [0.3, 0.4) is 0 Å². The quantitative estimate of drug-likeness (QED) is 0.219. The molecular weight excluding hydrogens is 451 g/mol. The van der Waals surface area contributed by atoms with Crippen LogP contribution >= 0.6 is 23.2 Å². The maximum atomic E-state index is 12.0. The number of carboxylic acids is 1. The third-order valence-electron chi connectivity index (χ3n) is 4.62. The van der Waals surface area contributed by atoms with E-state index >= 15 is 0 Å². The van der Waals surface area contributed by atoms with E-state index in [0.717, 1.165) is 11.6 Å². The van der Waals surface area contributed by atoms with E-state index in [0.29, 0.717) is 33.6 Å². The second-order valence-corrected chi connectivity index (χ2v) is 14.7. The van der Waals surface area contributed by atoms with E-state index in [-0.39, 0.29) is 5.69 Å². The van der Waals surface area contributed by atoms with Crippen molar-refractivity contribution in [2.45, 2.75) is 25.7 Å². The number of halogens is 2. The molecule has 1 heterocycles. The third kappa shape index (κ3) is 5.79. The molecule has 0 radical (unpaired) electrons. The highest BCUT2D eigenvalue weighted by Crippen LogP contribution is 2.33. The first-order valence-corrected chi connectivity index (χ1v) is 14.3. The van der Waals surface area contributed by atoms with E-state index in [1.165, 1.54) is 0 Å². The summed E-state index contributed by atoms with van der Waals surface area (Å²) >= 11 is 12.5. The average molecular weight is 475 g/mol. The minimum atomic E-state index is -1.23. The average Bonchev–Trinajstić information content (AvgIpc) is 3.07. The number of benzene rings is 2. The maximum absolute atomic E-state index is 12.0. The summed E-state index contributed by atoms with van der Waals surface area (Å²) in [5, 5.41) is 15.2. The molecule has 1 aromatic heterocycles. The van der Waals surface area contributed by atoms with Crippen molar-refractivity contribution in [1.82, 2.24) is 9.78 Å². The Hall–Kier alpha value is -2.54. The van der Waals surface area contributed by atoms with Crippen molar-refractivity contribution >= 4 is 43.3 Å². The van der Waals surface area contributed by atoms with Gasteiger partial charge in [0.2, 0.25) is 0 Å². The maximum Gasteiger partial charge on any atom is 0.357 e. The Morgan fingerprint density at radius 2 is 1.81 bits per heavy atom. The minimum Gasteiger partial charge on any atom is -0.501 e. The lowest BCUT2D eigenvalue weighted by atomic mass is 10.1. The van der Waals surface area contributed by atoms with Crippen LogP contribution < -0.4 is 0 Å². The summed E-state index contributed by atoms with van der Waals surface area (Å²) in [6, 6.07) is 15.3. The largest absolute Gasteiger partial charge is 0.501 e. The SMILES string of the molecule is C[Si](C)(C)CCO/C=C/c1c(C(=O)O)nn(-c2ccccc2Cl)c1-c1ccc(Cl)cc1. The molecule has 0 aliphatic rings. The van der Waals surface area contributed by atoms with Gasteiger partial charge in [-0.25, -0.2) is 9.48 Å². The monoisotopic (exact) mass is 474 g/mol. The van der Waals surface area contributed by atoms with Crippen molar-refractivity contribution in [1.29, 1.82) is 0 Å². The first-order chi connectivity index (χ1) is 14.7. The predicted octanol–water partition coefficient (Wildman–Crippen LogP) is 6.87. The molecule has 0 saturated heterocycles. The second-order valence-electron chi connectivity index (χ2n) is 8.27. The molecule has 0 saturated carbocycles. The van der Waals surface area contributed by atoms with Gasteiger partial charge in [0.15, 0.2) is 5.69 Å². The lowest BCUT2D eigenvalue weighted by Crippen LogP contribution is -2.20. The van der Waals surface area contributed by atoms with Crippen LogP contribution in [0.25, 0.3) is 23.0 Å². The molecule has 0 atom stereocenters. The Morgan fingerprint density at radius 3 is 2.42 bits per heavy atom. The van der Waals surface area contributed by atoms with E-state index in [1.54, 1.807) is 41.3 Å². The molecule has 3 rings (SSSR count). The van der Waals surface area contributed by atoms with Crippen LogP contribution in [0.4, 0.5) is 0 Å². The highest BCUT2D eigenvalue weighted by atomic mass is 35.5. The Morgan fingerprint density at radius 1 is 1.13 bits per heavy atom. The van der Waals surface area contributed by atoms with Gasteiger partial charge < -0.3 is 9.84 Å². The number of hydrogen-bond donors (Lipinski definition) is 1. The third-order valence-corrected chi connectivity index (χ3v) is 6.90. The highest BCUT2D eigenvalue weighted by Gasteiger charge is 2.24. The molecule has 31 heavy (non-hydrogen) atoms. The van der Waals surface area contributed by atoms with E-state index in [4.69, 9.17) is 27.9 Å². The van der Waals surface area contributed by atoms with Crippen molar-refractivity contribution in [3.63, 3.8) is 0 Å². The Kier molecular flexibility index (Phi) is 7.25. The van der Waals surface area contributed by atoms with Crippen molar-refractivity contribution in [2.24, 2.45) is 0 Å². The number of aromatic carboxylic acids is 1. The van der Waals surface area contributed by atoms with E-state index in [9.17, 15) is 9.90 Å². The van der Waals surface area contributed by atoms with E-state index in [2.05, 4.69) is 24.7 Å². The summed E-state index contributed by atoms with van der Waals surface area (Å²) < 4.78 is 7.23. The normalized spacial score (nSPS) is 11.8. The fraction of sp³-hybridized carbons (Fsp3) is 0.217. The summed E-state index contributed by atoms with van der Waals surface area (Å²) in [5.74, 6) is -1.14. The Labute approximate surface area is 192 Å². The number of para-hydroxylation sites is 1. The molecule has 0 bridgehead atoms. The number of aromatic nitrogens is 2. The zero-order valence-corrected chi connectivity index (χ0v) is 20.1. The summed E-state index contributed by atoms with van der Waals surface area (Å²) in [6.07, 6.45) is 3.19. The molecule has 2 aromatic carbocycles. The molecule has 0 amide bonds. The Balaban J connectivity index is 2.12. The van der Waals surface area contributed by atoms with Crippen LogP contribution in [0, 0.1) is 0 Å². The molecule has 8 heteroatoms. The molecule has 0 aliphatic heterocycles. The van der Waals surface area contributed by atoms with Gasteiger partial charge in [-0.05, 0) is 36.4 Å².